The predicted molar refractivity (Wildman–Crippen MR) is 199 cm³/mol. The number of nitrogens with zero attached hydrogens (tertiary/aromatic N) is 3. The Labute approximate surface area is 299 Å². The molecular formula is C40H49N7O4. The van der Waals surface area contributed by atoms with E-state index in [9.17, 15) is 14.4 Å². The molecule has 3 aliphatic rings. The van der Waals surface area contributed by atoms with Gasteiger partial charge in [0.15, 0.2) is 12.5 Å². The average molecular weight is 692 g/mol. The number of azo groups is 1. The van der Waals surface area contributed by atoms with Crippen LogP contribution < -0.4 is 26.4 Å². The first kappa shape index (κ1) is 36.1. The number of carbonyl (C=O) groups is 3. The Hall–Kier alpha value is -4.74. The van der Waals surface area contributed by atoms with E-state index in [0.29, 0.717) is 48.4 Å². The average Bonchev–Trinajstić information content (AvgIpc) is 3.70. The number of aryl methyl sites for hydroxylation is 1. The van der Waals surface area contributed by atoms with Gasteiger partial charge in [-0.05, 0) is 143 Å². The molecule has 3 aromatic carbocycles. The highest BCUT2D eigenvalue weighted by atomic mass is 16.5. The molecule has 0 spiro atoms. The largest absolute Gasteiger partial charge is 0.496 e. The van der Waals surface area contributed by atoms with Crippen LogP contribution in [0.25, 0.3) is 11.1 Å². The van der Waals surface area contributed by atoms with Crippen molar-refractivity contribution >= 4 is 29.1 Å². The number of hydrogen-bond donors (Lipinski definition) is 4. The molecule has 0 aromatic heterocycles. The van der Waals surface area contributed by atoms with Crippen LogP contribution >= 0.6 is 0 Å². The lowest BCUT2D eigenvalue weighted by Gasteiger charge is -2.28. The molecule has 1 saturated heterocycles. The van der Waals surface area contributed by atoms with E-state index in [4.69, 9.17) is 10.5 Å². The molecular weight excluding hydrogens is 642 g/mol. The number of piperidine rings is 1. The number of nitrogens with one attached hydrogen (secondary N) is 3. The number of rotatable bonds is 13. The van der Waals surface area contributed by atoms with Gasteiger partial charge in [-0.3, -0.25) is 14.4 Å². The van der Waals surface area contributed by atoms with Gasteiger partial charge in [-0.25, -0.2) is 4.99 Å². The summed E-state index contributed by atoms with van der Waals surface area (Å²) in [5.74, 6) is 0.946. The first-order valence-corrected chi connectivity index (χ1v) is 18.2. The number of Topliss-reactive ketones (excluding diaryl/α,β-unsaturated/α-hetero) is 1. The third-order valence-electron chi connectivity index (χ3n) is 10.5. The van der Waals surface area contributed by atoms with E-state index in [1.165, 1.54) is 0 Å². The number of amidine groups is 1. The Morgan fingerprint density at radius 3 is 2.37 bits per heavy atom. The van der Waals surface area contributed by atoms with Gasteiger partial charge >= 0.3 is 0 Å². The van der Waals surface area contributed by atoms with Crippen LogP contribution in [0.4, 0.5) is 5.69 Å². The topological polar surface area (TPSA) is 160 Å². The number of carbonyl (C=O) groups excluding carboxylic acids is 3. The van der Waals surface area contributed by atoms with Gasteiger partial charge in [-0.2, -0.15) is 5.11 Å². The molecule has 6 rings (SSSR count). The summed E-state index contributed by atoms with van der Waals surface area (Å²) in [4.78, 5) is 45.0. The summed E-state index contributed by atoms with van der Waals surface area (Å²) in [5, 5.41) is 17.5. The lowest BCUT2D eigenvalue weighted by molar-refractivity contribution is -0.129. The quantitative estimate of drug-likeness (QED) is 0.176. The Morgan fingerprint density at radius 2 is 1.71 bits per heavy atom. The molecule has 268 valence electrons. The van der Waals surface area contributed by atoms with Crippen molar-refractivity contribution in [1.29, 1.82) is 0 Å². The highest BCUT2D eigenvalue weighted by molar-refractivity contribution is 6.01. The summed E-state index contributed by atoms with van der Waals surface area (Å²) < 4.78 is 5.78. The van der Waals surface area contributed by atoms with Gasteiger partial charge in [0, 0.05) is 46.7 Å². The summed E-state index contributed by atoms with van der Waals surface area (Å²) in [5.41, 5.74) is 11.6. The third-order valence-corrected chi connectivity index (χ3v) is 10.5. The van der Waals surface area contributed by atoms with Gasteiger partial charge in [0.05, 0.1) is 7.11 Å². The van der Waals surface area contributed by atoms with E-state index in [-0.39, 0.29) is 36.0 Å². The Morgan fingerprint density at radius 1 is 0.941 bits per heavy atom. The number of anilines is 1. The van der Waals surface area contributed by atoms with Crippen LogP contribution in [0.1, 0.15) is 72.0 Å². The number of methoxy groups -OCH3 is 1. The maximum Gasteiger partial charge on any atom is 0.251 e. The van der Waals surface area contributed by atoms with Crippen LogP contribution in [-0.4, -0.2) is 62.9 Å². The zero-order valence-corrected chi connectivity index (χ0v) is 29.6. The minimum Gasteiger partial charge on any atom is -0.496 e. The fourth-order valence-corrected chi connectivity index (χ4v) is 7.43. The highest BCUT2D eigenvalue weighted by Gasteiger charge is 2.30. The summed E-state index contributed by atoms with van der Waals surface area (Å²) in [6.07, 6.45) is 5.88. The zero-order chi connectivity index (χ0) is 35.7. The first-order chi connectivity index (χ1) is 24.8. The van der Waals surface area contributed by atoms with Crippen LogP contribution in [0.3, 0.4) is 0 Å². The molecule has 0 radical (unpaired) electrons. The van der Waals surface area contributed by atoms with Crippen molar-refractivity contribution in [2.45, 2.75) is 64.3 Å². The van der Waals surface area contributed by atoms with Gasteiger partial charge in [-0.1, -0.05) is 12.1 Å². The number of benzene rings is 3. The van der Waals surface area contributed by atoms with E-state index in [1.807, 2.05) is 67.6 Å². The molecule has 1 atom stereocenters. The second-order valence-electron chi connectivity index (χ2n) is 14.0. The maximum atomic E-state index is 13.9. The predicted octanol–water partition coefficient (Wildman–Crippen LogP) is 5.84. The second kappa shape index (κ2) is 17.0. The van der Waals surface area contributed by atoms with Crippen molar-refractivity contribution in [3.8, 4) is 16.9 Å². The fraction of sp³-hybridized carbons (Fsp3) is 0.450. The number of amides is 2. The molecule has 11 nitrogen and oxygen atoms in total. The highest BCUT2D eigenvalue weighted by Crippen LogP contribution is 2.35. The molecule has 51 heavy (non-hydrogen) atoms. The summed E-state index contributed by atoms with van der Waals surface area (Å²) in [6, 6.07) is 19.2. The van der Waals surface area contributed by atoms with Gasteiger partial charge in [0.1, 0.15) is 11.5 Å². The monoisotopic (exact) mass is 691 g/mol. The van der Waals surface area contributed by atoms with Gasteiger partial charge in [-0.15, -0.1) is 5.11 Å². The number of aliphatic imine (C=N–C) groups is 1. The molecule has 5 N–H and O–H groups in total. The maximum absolute atomic E-state index is 13.9. The van der Waals surface area contributed by atoms with Crippen LogP contribution in [0, 0.1) is 24.7 Å². The standard InChI is InChI=1S/C40H49N7O4/c1-25-19-30(39(49)46-33-15-17-42-18-16-33)10-13-34(25)35-21-27(5-14-37(35)51-2)20-31(22-36(48)28-6-3-26(23-41)4-7-28)40(50)45-32-11-8-29(9-12-32)38-43-24-44-47-38/h5,8-14,19,21,26,28,31,33,42H,3-4,6-7,15-18,20,22-24,41H2,1-2H3,(H,45,50)(H,46,49)/t26?,28?,31-/m1/s1. The van der Waals surface area contributed by atoms with Crippen LogP contribution in [0.15, 0.2) is 75.9 Å². The number of ether oxygens (including phenoxy) is 1. The van der Waals surface area contributed by atoms with Crippen LogP contribution in [0.2, 0.25) is 0 Å². The second-order valence-corrected chi connectivity index (χ2v) is 14.0. The number of nitrogens with two attached hydrogens (primary N) is 1. The van der Waals surface area contributed by atoms with E-state index in [0.717, 1.165) is 79.4 Å². The summed E-state index contributed by atoms with van der Waals surface area (Å²) >= 11 is 0. The molecule has 2 amide bonds. The Bertz CT molecular complexity index is 1770. The number of hydrogen-bond acceptors (Lipinski definition) is 9. The molecule has 2 fully saturated rings. The van der Waals surface area contributed by atoms with Gasteiger partial charge in [0.25, 0.3) is 5.91 Å². The van der Waals surface area contributed by atoms with Gasteiger partial charge in [0.2, 0.25) is 5.91 Å². The van der Waals surface area contributed by atoms with E-state index in [2.05, 4.69) is 31.2 Å². The molecule has 11 heteroatoms. The molecule has 0 unspecified atom stereocenters. The molecule has 2 aliphatic heterocycles. The number of ketones is 1. The lowest BCUT2D eigenvalue weighted by atomic mass is 9.77. The third kappa shape index (κ3) is 9.14. The molecule has 3 aromatic rings. The lowest BCUT2D eigenvalue weighted by Crippen LogP contribution is -2.42. The van der Waals surface area contributed by atoms with Gasteiger partial charge < -0.3 is 26.4 Å². The summed E-state index contributed by atoms with van der Waals surface area (Å²) in [6.45, 7) is 4.77. The minimum atomic E-state index is -0.583. The first-order valence-electron chi connectivity index (χ1n) is 18.2. The van der Waals surface area contributed by atoms with Crippen molar-refractivity contribution in [3.63, 3.8) is 0 Å². The fourth-order valence-electron chi connectivity index (χ4n) is 7.43. The van der Waals surface area contributed by atoms with E-state index in [1.54, 1.807) is 7.11 Å². The summed E-state index contributed by atoms with van der Waals surface area (Å²) in [7, 11) is 1.64. The molecule has 1 aliphatic carbocycles. The van der Waals surface area contributed by atoms with Crippen LogP contribution in [0.5, 0.6) is 5.75 Å². The van der Waals surface area contributed by atoms with Crippen molar-refractivity contribution in [3.05, 3.63) is 82.9 Å². The SMILES string of the molecule is COc1ccc(C[C@H](CC(=O)C2CCC(CN)CC2)C(=O)Nc2ccc(C3=NCN=N3)cc2)cc1-c1ccc(C(=O)NC2CCNCC2)cc1C. The van der Waals surface area contributed by atoms with E-state index >= 15 is 0 Å². The molecule has 0 bridgehead atoms. The van der Waals surface area contributed by atoms with Crippen molar-refractivity contribution in [1.82, 2.24) is 10.6 Å². The van der Waals surface area contributed by atoms with Crippen molar-refractivity contribution in [2.75, 3.05) is 38.7 Å². The van der Waals surface area contributed by atoms with Crippen molar-refractivity contribution < 1.29 is 19.1 Å². The molecule has 2 heterocycles. The van der Waals surface area contributed by atoms with Crippen molar-refractivity contribution in [2.24, 2.45) is 38.7 Å². The van der Waals surface area contributed by atoms with E-state index < -0.39 is 5.92 Å². The Balaban J connectivity index is 1.21. The normalized spacial score (nSPS) is 19.6. The zero-order valence-electron chi connectivity index (χ0n) is 29.6. The molecule has 1 saturated carbocycles. The smallest absolute Gasteiger partial charge is 0.251 e. The Kier molecular flexibility index (Phi) is 12.0. The minimum absolute atomic E-state index is 0.0525. The van der Waals surface area contributed by atoms with Crippen LogP contribution in [-0.2, 0) is 16.0 Å².